The minimum atomic E-state index is -0.431. The van der Waals surface area contributed by atoms with E-state index in [1.807, 2.05) is 30.3 Å². The van der Waals surface area contributed by atoms with E-state index in [9.17, 15) is 4.79 Å². The Hall–Kier alpha value is -1.88. The van der Waals surface area contributed by atoms with Crippen LogP contribution in [0.2, 0.25) is 0 Å². The predicted molar refractivity (Wildman–Crippen MR) is 63.2 cm³/mol. The summed E-state index contributed by atoms with van der Waals surface area (Å²) in [7, 11) is 1.34. The van der Waals surface area contributed by atoms with Gasteiger partial charge in [0.25, 0.3) is 0 Å². The molecule has 0 saturated carbocycles. The molecule has 0 aliphatic heterocycles. The lowest BCUT2D eigenvalue weighted by Crippen LogP contribution is -2.04. The standard InChI is InChI=1S/C11H10N2O2S/c1-15-11(14)9-10(16-7-12-9)13-8-5-3-2-4-6-8/h2-7,13H,1H3. The van der Waals surface area contributed by atoms with E-state index in [4.69, 9.17) is 0 Å². The SMILES string of the molecule is COC(=O)c1ncsc1Nc1ccccc1. The van der Waals surface area contributed by atoms with Crippen molar-refractivity contribution in [3.8, 4) is 0 Å². The van der Waals surface area contributed by atoms with Crippen molar-refractivity contribution in [3.05, 3.63) is 41.5 Å². The van der Waals surface area contributed by atoms with Crippen LogP contribution in [-0.2, 0) is 4.74 Å². The van der Waals surface area contributed by atoms with Crippen molar-refractivity contribution in [1.82, 2.24) is 4.98 Å². The van der Waals surface area contributed by atoms with Crippen LogP contribution in [0.4, 0.5) is 10.7 Å². The zero-order valence-electron chi connectivity index (χ0n) is 8.64. The summed E-state index contributed by atoms with van der Waals surface area (Å²) in [6.45, 7) is 0. The summed E-state index contributed by atoms with van der Waals surface area (Å²) in [4.78, 5) is 15.3. The van der Waals surface area contributed by atoms with Crippen LogP contribution in [0, 0.1) is 0 Å². The zero-order valence-corrected chi connectivity index (χ0v) is 9.45. The van der Waals surface area contributed by atoms with Crippen LogP contribution in [0.25, 0.3) is 0 Å². The van der Waals surface area contributed by atoms with Crippen LogP contribution in [0.5, 0.6) is 0 Å². The third kappa shape index (κ3) is 2.20. The first kappa shape index (κ1) is 10.6. The molecule has 1 aromatic heterocycles. The molecular weight excluding hydrogens is 224 g/mol. The summed E-state index contributed by atoms with van der Waals surface area (Å²) in [6.07, 6.45) is 0. The second kappa shape index (κ2) is 4.76. The van der Waals surface area contributed by atoms with Gasteiger partial charge >= 0.3 is 5.97 Å². The first-order valence-electron chi connectivity index (χ1n) is 4.65. The van der Waals surface area contributed by atoms with Gasteiger partial charge in [-0.15, -0.1) is 11.3 Å². The smallest absolute Gasteiger partial charge is 0.359 e. The van der Waals surface area contributed by atoms with E-state index in [1.165, 1.54) is 18.4 Å². The third-order valence-electron chi connectivity index (χ3n) is 1.98. The van der Waals surface area contributed by atoms with Gasteiger partial charge in [0.1, 0.15) is 5.00 Å². The number of nitrogens with one attached hydrogen (secondary N) is 1. The molecule has 16 heavy (non-hydrogen) atoms. The van der Waals surface area contributed by atoms with Crippen molar-refractivity contribution in [2.75, 3.05) is 12.4 Å². The van der Waals surface area contributed by atoms with Crippen LogP contribution >= 0.6 is 11.3 Å². The summed E-state index contributed by atoms with van der Waals surface area (Å²) in [5.74, 6) is -0.431. The van der Waals surface area contributed by atoms with Crippen molar-refractivity contribution < 1.29 is 9.53 Å². The minimum Gasteiger partial charge on any atom is -0.464 e. The number of carbonyl (C=O) groups is 1. The molecule has 4 nitrogen and oxygen atoms in total. The van der Waals surface area contributed by atoms with Gasteiger partial charge < -0.3 is 10.1 Å². The molecule has 0 radical (unpaired) electrons. The number of ether oxygens (including phenoxy) is 1. The van der Waals surface area contributed by atoms with Gasteiger partial charge in [0.05, 0.1) is 12.6 Å². The van der Waals surface area contributed by atoms with Gasteiger partial charge in [0.15, 0.2) is 5.69 Å². The molecule has 0 bridgehead atoms. The third-order valence-corrected chi connectivity index (χ3v) is 2.72. The Bertz CT molecular complexity index is 482. The summed E-state index contributed by atoms with van der Waals surface area (Å²) in [6, 6.07) is 9.60. The molecule has 0 fully saturated rings. The summed E-state index contributed by atoms with van der Waals surface area (Å²) < 4.78 is 4.64. The Morgan fingerprint density at radius 3 is 2.81 bits per heavy atom. The molecule has 82 valence electrons. The second-order valence-electron chi connectivity index (χ2n) is 3.01. The normalized spacial score (nSPS) is 9.81. The Balaban J connectivity index is 2.22. The van der Waals surface area contributed by atoms with E-state index in [-0.39, 0.29) is 0 Å². The monoisotopic (exact) mass is 234 g/mol. The van der Waals surface area contributed by atoms with Crippen molar-refractivity contribution in [2.24, 2.45) is 0 Å². The molecule has 5 heteroatoms. The maximum absolute atomic E-state index is 11.4. The van der Waals surface area contributed by atoms with E-state index in [2.05, 4.69) is 15.0 Å². The van der Waals surface area contributed by atoms with Crippen LogP contribution in [0.15, 0.2) is 35.8 Å². The first-order chi connectivity index (χ1) is 7.81. The number of hydrogen-bond donors (Lipinski definition) is 1. The predicted octanol–water partition coefficient (Wildman–Crippen LogP) is 2.67. The number of hydrogen-bond acceptors (Lipinski definition) is 5. The molecule has 0 atom stereocenters. The highest BCUT2D eigenvalue weighted by molar-refractivity contribution is 7.14. The number of rotatable bonds is 3. The Morgan fingerprint density at radius 1 is 1.38 bits per heavy atom. The van der Waals surface area contributed by atoms with Crippen molar-refractivity contribution >= 4 is 28.0 Å². The van der Waals surface area contributed by atoms with Crippen LogP contribution in [0.1, 0.15) is 10.5 Å². The van der Waals surface area contributed by atoms with Crippen molar-refractivity contribution in [2.45, 2.75) is 0 Å². The lowest BCUT2D eigenvalue weighted by Gasteiger charge is -2.04. The number of thiazole rings is 1. The van der Waals surface area contributed by atoms with E-state index in [1.54, 1.807) is 5.51 Å². The first-order valence-corrected chi connectivity index (χ1v) is 5.53. The quantitative estimate of drug-likeness (QED) is 0.829. The van der Waals surface area contributed by atoms with Gasteiger partial charge in [0.2, 0.25) is 0 Å². The number of para-hydroxylation sites is 1. The van der Waals surface area contributed by atoms with E-state index in [0.717, 1.165) is 5.69 Å². The molecule has 1 aromatic carbocycles. The Labute approximate surface area is 96.9 Å². The summed E-state index contributed by atoms with van der Waals surface area (Å²) in [5, 5.41) is 3.82. The molecule has 0 saturated heterocycles. The van der Waals surface area contributed by atoms with Crippen molar-refractivity contribution in [1.29, 1.82) is 0 Å². The molecule has 0 aliphatic carbocycles. The van der Waals surface area contributed by atoms with Crippen LogP contribution in [-0.4, -0.2) is 18.1 Å². The average Bonchev–Trinajstić information content (AvgIpc) is 2.77. The van der Waals surface area contributed by atoms with E-state index >= 15 is 0 Å². The largest absolute Gasteiger partial charge is 0.464 e. The fraction of sp³-hybridized carbons (Fsp3) is 0.0909. The Kier molecular flexibility index (Phi) is 3.16. The van der Waals surface area contributed by atoms with Gasteiger partial charge in [-0.1, -0.05) is 18.2 Å². The number of nitrogens with zero attached hydrogens (tertiary/aromatic N) is 1. The maximum Gasteiger partial charge on any atom is 0.359 e. The summed E-state index contributed by atoms with van der Waals surface area (Å²) >= 11 is 1.37. The number of anilines is 2. The molecule has 1 N–H and O–H groups in total. The number of methoxy groups -OCH3 is 1. The summed E-state index contributed by atoms with van der Waals surface area (Å²) in [5.41, 5.74) is 2.84. The van der Waals surface area contributed by atoms with E-state index in [0.29, 0.717) is 10.7 Å². The molecular formula is C11H10N2O2S. The lowest BCUT2D eigenvalue weighted by molar-refractivity contribution is 0.0596. The second-order valence-corrected chi connectivity index (χ2v) is 3.87. The van der Waals surface area contributed by atoms with E-state index < -0.39 is 5.97 Å². The van der Waals surface area contributed by atoms with Crippen LogP contribution in [0.3, 0.4) is 0 Å². The molecule has 0 spiro atoms. The van der Waals surface area contributed by atoms with Crippen molar-refractivity contribution in [3.63, 3.8) is 0 Å². The van der Waals surface area contributed by atoms with Crippen LogP contribution < -0.4 is 5.32 Å². The average molecular weight is 234 g/mol. The highest BCUT2D eigenvalue weighted by Crippen LogP contribution is 2.25. The molecule has 0 amide bonds. The molecule has 0 aliphatic rings. The highest BCUT2D eigenvalue weighted by atomic mass is 32.1. The fourth-order valence-corrected chi connectivity index (χ4v) is 1.92. The van der Waals surface area contributed by atoms with Gasteiger partial charge in [-0.3, -0.25) is 0 Å². The zero-order chi connectivity index (χ0) is 11.4. The van der Waals surface area contributed by atoms with Gasteiger partial charge in [-0.05, 0) is 12.1 Å². The molecule has 2 rings (SSSR count). The molecule has 0 unspecified atom stereocenters. The highest BCUT2D eigenvalue weighted by Gasteiger charge is 2.14. The maximum atomic E-state index is 11.4. The lowest BCUT2D eigenvalue weighted by atomic mass is 10.3. The number of aromatic nitrogens is 1. The molecule has 2 aromatic rings. The number of benzene rings is 1. The van der Waals surface area contributed by atoms with Gasteiger partial charge in [0, 0.05) is 5.69 Å². The fourth-order valence-electron chi connectivity index (χ4n) is 1.23. The van der Waals surface area contributed by atoms with Gasteiger partial charge in [-0.25, -0.2) is 9.78 Å². The number of carbonyl (C=O) groups excluding carboxylic acids is 1. The minimum absolute atomic E-state index is 0.316. The van der Waals surface area contributed by atoms with Gasteiger partial charge in [-0.2, -0.15) is 0 Å². The topological polar surface area (TPSA) is 51.2 Å². The number of esters is 1. The Morgan fingerprint density at radius 2 is 2.12 bits per heavy atom. The molecule has 1 heterocycles.